The smallest absolute Gasteiger partial charge is 0.408 e. The fourth-order valence-electron chi connectivity index (χ4n) is 2.97. The predicted octanol–water partition coefficient (Wildman–Crippen LogP) is 3.25. The minimum atomic E-state index is -0.892. The molecular weight excluding hydrogens is 282 g/mol. The highest BCUT2D eigenvalue weighted by molar-refractivity contribution is 5.87. The molecule has 2 atom stereocenters. The molecule has 0 aromatic heterocycles. The van der Waals surface area contributed by atoms with Crippen LogP contribution in [0.25, 0.3) is 6.08 Å². The third-order valence-electron chi connectivity index (χ3n) is 3.94. The first kappa shape index (κ1) is 16.1. The Morgan fingerprint density at radius 2 is 2.14 bits per heavy atom. The van der Waals surface area contributed by atoms with Crippen LogP contribution in [0.1, 0.15) is 43.5 Å². The van der Waals surface area contributed by atoms with Crippen molar-refractivity contribution in [3.8, 4) is 0 Å². The summed E-state index contributed by atoms with van der Waals surface area (Å²) in [5.41, 5.74) is 3.06. The molecule has 1 amide bonds. The van der Waals surface area contributed by atoms with Crippen molar-refractivity contribution >= 4 is 18.1 Å². The highest BCUT2D eigenvalue weighted by Gasteiger charge is 2.32. The zero-order valence-corrected chi connectivity index (χ0v) is 13.1. The number of rotatable bonds is 3. The predicted molar refractivity (Wildman–Crippen MR) is 83.6 cm³/mol. The molecule has 0 bridgehead atoms. The molecule has 1 aromatic rings. The number of amides is 1. The van der Waals surface area contributed by atoms with Crippen molar-refractivity contribution in [2.45, 2.75) is 39.3 Å². The summed E-state index contributed by atoms with van der Waals surface area (Å²) in [5, 5.41) is 9.32. The molecule has 1 heterocycles. The molecule has 5 nitrogen and oxygen atoms in total. The van der Waals surface area contributed by atoms with Crippen LogP contribution in [-0.4, -0.2) is 34.7 Å². The summed E-state index contributed by atoms with van der Waals surface area (Å²) in [6.07, 6.45) is 2.91. The average Bonchev–Trinajstić information content (AvgIpc) is 2.44. The number of hydrogen-bond acceptors (Lipinski definition) is 3. The molecule has 0 fully saturated rings. The van der Waals surface area contributed by atoms with Crippen molar-refractivity contribution in [2.75, 3.05) is 6.61 Å². The minimum absolute atomic E-state index is 0.0655. The summed E-state index contributed by atoms with van der Waals surface area (Å²) in [6.45, 7) is 5.93. The van der Waals surface area contributed by atoms with Gasteiger partial charge in [0.25, 0.3) is 0 Å². The minimum Gasteiger partial charge on any atom is -0.465 e. The number of esters is 1. The molecule has 118 valence electrons. The van der Waals surface area contributed by atoms with Crippen LogP contribution in [0.3, 0.4) is 0 Å². The van der Waals surface area contributed by atoms with Crippen molar-refractivity contribution in [1.82, 2.24) is 4.90 Å². The van der Waals surface area contributed by atoms with Gasteiger partial charge in [0.05, 0.1) is 12.6 Å². The van der Waals surface area contributed by atoms with Gasteiger partial charge in [-0.25, -0.2) is 9.59 Å². The second kappa shape index (κ2) is 6.64. The van der Waals surface area contributed by atoms with Gasteiger partial charge in [0.15, 0.2) is 0 Å². The molecule has 2 rings (SSSR count). The lowest BCUT2D eigenvalue weighted by Crippen LogP contribution is -2.44. The largest absolute Gasteiger partial charge is 0.465 e. The first-order chi connectivity index (χ1) is 10.4. The molecule has 5 heteroatoms. The normalized spacial score (nSPS) is 20.8. The Hall–Kier alpha value is -2.30. The van der Waals surface area contributed by atoms with E-state index < -0.39 is 6.09 Å². The summed E-state index contributed by atoms with van der Waals surface area (Å²) < 4.78 is 4.85. The van der Waals surface area contributed by atoms with Crippen LogP contribution in [0.5, 0.6) is 0 Å². The highest BCUT2D eigenvalue weighted by Crippen LogP contribution is 2.33. The number of fused-ring (bicyclic) bond motifs is 1. The Balaban J connectivity index is 2.24. The van der Waals surface area contributed by atoms with Gasteiger partial charge in [-0.2, -0.15) is 0 Å². The maximum atomic E-state index is 11.4. The summed E-state index contributed by atoms with van der Waals surface area (Å²) >= 11 is 0. The Morgan fingerprint density at radius 1 is 1.41 bits per heavy atom. The van der Waals surface area contributed by atoms with Crippen LogP contribution in [0, 0.1) is 0 Å². The van der Waals surface area contributed by atoms with Crippen LogP contribution < -0.4 is 0 Å². The van der Waals surface area contributed by atoms with Crippen LogP contribution in [0.4, 0.5) is 4.79 Å². The number of carboxylic acid groups (broad SMARTS) is 1. The first-order valence-corrected chi connectivity index (χ1v) is 7.43. The van der Waals surface area contributed by atoms with Crippen molar-refractivity contribution in [3.05, 3.63) is 41.0 Å². The van der Waals surface area contributed by atoms with Gasteiger partial charge in [0.2, 0.25) is 0 Å². The molecule has 22 heavy (non-hydrogen) atoms. The van der Waals surface area contributed by atoms with E-state index in [4.69, 9.17) is 4.74 Å². The Morgan fingerprint density at radius 3 is 2.77 bits per heavy atom. The molecule has 1 N–H and O–H groups in total. The Bertz CT molecular complexity index is 609. The molecule has 1 aliphatic rings. The topological polar surface area (TPSA) is 66.8 Å². The number of carbonyl (C=O) groups excluding carboxylic acids is 1. The number of nitrogens with zero attached hydrogens (tertiary/aromatic N) is 1. The maximum Gasteiger partial charge on any atom is 0.408 e. The van der Waals surface area contributed by atoms with Gasteiger partial charge >= 0.3 is 12.1 Å². The number of benzene rings is 1. The monoisotopic (exact) mass is 303 g/mol. The van der Waals surface area contributed by atoms with Gasteiger partial charge in [-0.15, -0.1) is 0 Å². The van der Waals surface area contributed by atoms with Crippen molar-refractivity contribution in [2.24, 2.45) is 0 Å². The van der Waals surface area contributed by atoms with Gasteiger partial charge in [0.1, 0.15) is 0 Å². The van der Waals surface area contributed by atoms with E-state index in [1.165, 1.54) is 11.0 Å². The van der Waals surface area contributed by atoms with E-state index in [0.29, 0.717) is 13.0 Å². The maximum absolute atomic E-state index is 11.4. The third kappa shape index (κ3) is 3.30. The van der Waals surface area contributed by atoms with Crippen LogP contribution in [0.2, 0.25) is 0 Å². The number of carbonyl (C=O) groups is 2. The zero-order valence-electron chi connectivity index (χ0n) is 13.1. The number of ether oxygens (including phenoxy) is 1. The van der Waals surface area contributed by atoms with Gasteiger partial charge in [-0.3, -0.25) is 4.90 Å². The van der Waals surface area contributed by atoms with E-state index in [1.54, 1.807) is 13.0 Å². The summed E-state index contributed by atoms with van der Waals surface area (Å²) in [6, 6.07) is 5.61. The lowest BCUT2D eigenvalue weighted by atomic mass is 9.88. The van der Waals surface area contributed by atoms with Gasteiger partial charge in [-0.1, -0.05) is 18.2 Å². The fourth-order valence-corrected chi connectivity index (χ4v) is 2.97. The molecule has 1 aliphatic heterocycles. The highest BCUT2D eigenvalue weighted by atomic mass is 16.5. The van der Waals surface area contributed by atoms with Gasteiger partial charge in [0, 0.05) is 12.1 Å². The Labute approximate surface area is 130 Å². The first-order valence-electron chi connectivity index (χ1n) is 7.43. The molecule has 0 saturated heterocycles. The summed E-state index contributed by atoms with van der Waals surface area (Å²) in [4.78, 5) is 24.2. The van der Waals surface area contributed by atoms with Crippen LogP contribution in [-0.2, 0) is 16.0 Å². The van der Waals surface area contributed by atoms with Crippen molar-refractivity contribution in [1.29, 1.82) is 0 Å². The second-order valence-electron chi connectivity index (χ2n) is 5.46. The average molecular weight is 303 g/mol. The van der Waals surface area contributed by atoms with Crippen LogP contribution >= 0.6 is 0 Å². The van der Waals surface area contributed by atoms with Crippen molar-refractivity contribution < 1.29 is 19.4 Å². The number of hydrogen-bond donors (Lipinski definition) is 1. The lowest BCUT2D eigenvalue weighted by molar-refractivity contribution is -0.137. The van der Waals surface area contributed by atoms with E-state index in [1.807, 2.05) is 32.0 Å². The molecule has 0 aliphatic carbocycles. The fraction of sp³-hybridized carbons (Fsp3) is 0.412. The van der Waals surface area contributed by atoms with E-state index in [2.05, 4.69) is 0 Å². The summed E-state index contributed by atoms with van der Waals surface area (Å²) in [7, 11) is 0. The molecule has 0 radical (unpaired) electrons. The SMILES string of the molecule is CCOC(=O)C=Cc1ccc2c(c1)CC(C)N(C(=O)O)C2C. The molecule has 0 spiro atoms. The van der Waals surface area contributed by atoms with Crippen LogP contribution in [0.15, 0.2) is 24.3 Å². The quantitative estimate of drug-likeness (QED) is 0.687. The Kier molecular flexibility index (Phi) is 4.85. The van der Waals surface area contributed by atoms with E-state index in [0.717, 1.165) is 16.7 Å². The second-order valence-corrected chi connectivity index (χ2v) is 5.46. The zero-order chi connectivity index (χ0) is 16.3. The van der Waals surface area contributed by atoms with Gasteiger partial charge in [-0.05, 0) is 50.0 Å². The molecule has 1 aromatic carbocycles. The van der Waals surface area contributed by atoms with Crippen molar-refractivity contribution in [3.63, 3.8) is 0 Å². The van der Waals surface area contributed by atoms with E-state index >= 15 is 0 Å². The lowest BCUT2D eigenvalue weighted by Gasteiger charge is -2.38. The summed E-state index contributed by atoms with van der Waals surface area (Å²) in [5.74, 6) is -0.362. The third-order valence-corrected chi connectivity index (χ3v) is 3.94. The molecule has 0 saturated carbocycles. The van der Waals surface area contributed by atoms with E-state index in [-0.39, 0.29) is 18.1 Å². The standard InChI is InChI=1S/C17H21NO4/c1-4-22-16(19)8-6-13-5-7-15-12(3)18(17(20)21)11(2)9-14(15)10-13/h5-8,10-12H,4,9H2,1-3H3,(H,20,21). The van der Waals surface area contributed by atoms with E-state index in [9.17, 15) is 14.7 Å². The molecular formula is C17H21NO4. The molecule has 2 unspecified atom stereocenters. The van der Waals surface area contributed by atoms with Gasteiger partial charge < -0.3 is 9.84 Å².